The van der Waals surface area contributed by atoms with Crippen LogP contribution in [0, 0.1) is 10.1 Å². The number of nitrogens with one attached hydrogen (secondary N) is 1. The van der Waals surface area contributed by atoms with Gasteiger partial charge < -0.3 is 9.47 Å². The summed E-state index contributed by atoms with van der Waals surface area (Å²) in [5.74, 6) is 0.584. The summed E-state index contributed by atoms with van der Waals surface area (Å²) in [6.45, 7) is 2.01. The van der Waals surface area contributed by atoms with Gasteiger partial charge in [0.2, 0.25) is 0 Å². The van der Waals surface area contributed by atoms with Crippen LogP contribution in [0.5, 0.6) is 11.5 Å². The summed E-state index contributed by atoms with van der Waals surface area (Å²) in [6, 6.07) is 22.7. The van der Waals surface area contributed by atoms with Crippen LogP contribution in [0.15, 0.2) is 84.0 Å². The monoisotopic (exact) mass is 419 g/mol. The van der Waals surface area contributed by atoms with Crippen molar-refractivity contribution in [2.24, 2.45) is 5.10 Å². The highest BCUT2D eigenvalue weighted by molar-refractivity contribution is 5.84. The third-order valence-electron chi connectivity index (χ3n) is 4.22. The van der Waals surface area contributed by atoms with Crippen molar-refractivity contribution in [3.63, 3.8) is 0 Å². The van der Waals surface area contributed by atoms with Crippen LogP contribution in [-0.4, -0.2) is 23.1 Å². The van der Waals surface area contributed by atoms with Crippen LogP contribution >= 0.6 is 0 Å². The van der Waals surface area contributed by atoms with Crippen molar-refractivity contribution in [1.82, 2.24) is 5.43 Å². The minimum absolute atomic E-state index is 0.0518. The molecule has 1 N–H and O–H groups in total. The van der Waals surface area contributed by atoms with Gasteiger partial charge in [-0.25, -0.2) is 5.43 Å². The number of hydrogen-bond donors (Lipinski definition) is 1. The topological polar surface area (TPSA) is 103 Å². The van der Waals surface area contributed by atoms with Gasteiger partial charge in [-0.05, 0) is 42.3 Å². The van der Waals surface area contributed by atoms with E-state index in [4.69, 9.17) is 9.47 Å². The molecule has 0 aromatic heterocycles. The average Bonchev–Trinajstić information content (AvgIpc) is 2.79. The predicted molar refractivity (Wildman–Crippen MR) is 116 cm³/mol. The van der Waals surface area contributed by atoms with E-state index in [9.17, 15) is 14.9 Å². The number of carbonyl (C=O) groups is 1. The molecule has 0 bridgehead atoms. The summed E-state index contributed by atoms with van der Waals surface area (Å²) in [7, 11) is 0. The molecule has 8 nitrogen and oxygen atoms in total. The fraction of sp³-hybridized carbons (Fsp3) is 0.130. The SMILES string of the molecule is CC(Oc1ccc([N+](=O)[O-])cc1)C(=O)NN=Cc1cccc(OCc2ccccc2)c1. The quantitative estimate of drug-likeness (QED) is 0.320. The van der Waals surface area contributed by atoms with Gasteiger partial charge in [0.25, 0.3) is 11.6 Å². The van der Waals surface area contributed by atoms with E-state index in [2.05, 4.69) is 10.5 Å². The Morgan fingerprint density at radius 2 is 1.81 bits per heavy atom. The maximum atomic E-state index is 12.2. The average molecular weight is 419 g/mol. The third-order valence-corrected chi connectivity index (χ3v) is 4.22. The number of hydrogen-bond acceptors (Lipinski definition) is 6. The summed E-state index contributed by atoms with van der Waals surface area (Å²) in [5, 5.41) is 14.6. The molecule has 0 saturated carbocycles. The number of rotatable bonds is 9. The molecule has 0 heterocycles. The highest BCUT2D eigenvalue weighted by Gasteiger charge is 2.14. The maximum absolute atomic E-state index is 12.2. The second kappa shape index (κ2) is 10.5. The summed E-state index contributed by atoms with van der Waals surface area (Å²) < 4.78 is 11.3. The van der Waals surface area contributed by atoms with Crippen LogP contribution in [-0.2, 0) is 11.4 Å². The molecule has 0 aliphatic heterocycles. The number of hydrazone groups is 1. The number of non-ortho nitro benzene ring substituents is 1. The van der Waals surface area contributed by atoms with Crippen molar-refractivity contribution in [1.29, 1.82) is 0 Å². The van der Waals surface area contributed by atoms with Gasteiger partial charge in [0.1, 0.15) is 18.1 Å². The number of benzene rings is 3. The van der Waals surface area contributed by atoms with E-state index in [1.54, 1.807) is 6.92 Å². The first kappa shape index (κ1) is 21.5. The summed E-state index contributed by atoms with van der Waals surface area (Å²) >= 11 is 0. The van der Waals surface area contributed by atoms with E-state index < -0.39 is 16.9 Å². The van der Waals surface area contributed by atoms with Crippen LogP contribution in [0.4, 0.5) is 5.69 Å². The van der Waals surface area contributed by atoms with Gasteiger partial charge in [-0.3, -0.25) is 14.9 Å². The number of carbonyl (C=O) groups excluding carboxylic acids is 1. The first-order chi connectivity index (χ1) is 15.0. The summed E-state index contributed by atoms with van der Waals surface area (Å²) in [4.78, 5) is 22.3. The first-order valence-corrected chi connectivity index (χ1v) is 9.52. The molecule has 3 aromatic rings. The van der Waals surface area contributed by atoms with Crippen molar-refractivity contribution in [2.45, 2.75) is 19.6 Å². The Balaban J connectivity index is 1.50. The van der Waals surface area contributed by atoms with E-state index in [0.29, 0.717) is 18.1 Å². The zero-order chi connectivity index (χ0) is 22.1. The Hall–Kier alpha value is -4.20. The molecule has 158 valence electrons. The molecule has 1 amide bonds. The highest BCUT2D eigenvalue weighted by atomic mass is 16.6. The Labute approximate surface area is 179 Å². The number of nitro groups is 1. The first-order valence-electron chi connectivity index (χ1n) is 9.52. The molecule has 3 rings (SSSR count). The fourth-order valence-corrected chi connectivity index (χ4v) is 2.59. The van der Waals surface area contributed by atoms with Crippen LogP contribution in [0.1, 0.15) is 18.1 Å². The smallest absolute Gasteiger partial charge is 0.280 e. The number of nitro benzene ring substituents is 1. The molecule has 0 radical (unpaired) electrons. The minimum Gasteiger partial charge on any atom is -0.489 e. The molecule has 8 heteroatoms. The van der Waals surface area contributed by atoms with Crippen molar-refractivity contribution in [3.05, 3.63) is 100 Å². The molecule has 0 aliphatic rings. The largest absolute Gasteiger partial charge is 0.489 e. The molecule has 1 unspecified atom stereocenters. The Kier molecular flexibility index (Phi) is 7.31. The van der Waals surface area contributed by atoms with Crippen LogP contribution in [0.2, 0.25) is 0 Å². The predicted octanol–water partition coefficient (Wildman–Crippen LogP) is 4.09. The van der Waals surface area contributed by atoms with Gasteiger partial charge in [-0.15, -0.1) is 0 Å². The second-order valence-electron chi connectivity index (χ2n) is 6.59. The maximum Gasteiger partial charge on any atom is 0.280 e. The van der Waals surface area contributed by atoms with Crippen molar-refractivity contribution in [2.75, 3.05) is 0 Å². The van der Waals surface area contributed by atoms with Gasteiger partial charge in [-0.1, -0.05) is 42.5 Å². The van der Waals surface area contributed by atoms with E-state index in [-0.39, 0.29) is 5.69 Å². The number of amides is 1. The van der Waals surface area contributed by atoms with E-state index in [1.165, 1.54) is 30.5 Å². The van der Waals surface area contributed by atoms with E-state index >= 15 is 0 Å². The van der Waals surface area contributed by atoms with Crippen molar-refractivity contribution < 1.29 is 19.2 Å². The lowest BCUT2D eigenvalue weighted by molar-refractivity contribution is -0.384. The lowest BCUT2D eigenvalue weighted by Gasteiger charge is -2.12. The van der Waals surface area contributed by atoms with Crippen LogP contribution in [0.25, 0.3) is 0 Å². The molecule has 3 aromatic carbocycles. The Morgan fingerprint density at radius 3 is 2.52 bits per heavy atom. The van der Waals surface area contributed by atoms with Gasteiger partial charge >= 0.3 is 0 Å². The lowest BCUT2D eigenvalue weighted by atomic mass is 10.2. The molecule has 1 atom stereocenters. The lowest BCUT2D eigenvalue weighted by Crippen LogP contribution is -2.33. The zero-order valence-corrected chi connectivity index (χ0v) is 16.8. The number of ether oxygens (including phenoxy) is 2. The van der Waals surface area contributed by atoms with Crippen molar-refractivity contribution in [3.8, 4) is 11.5 Å². The fourth-order valence-electron chi connectivity index (χ4n) is 2.59. The molecular formula is C23H21N3O5. The van der Waals surface area contributed by atoms with E-state index in [1.807, 2.05) is 54.6 Å². The van der Waals surface area contributed by atoms with Gasteiger partial charge in [-0.2, -0.15) is 5.10 Å². The third kappa shape index (κ3) is 6.67. The zero-order valence-electron chi connectivity index (χ0n) is 16.8. The van der Waals surface area contributed by atoms with E-state index in [0.717, 1.165) is 11.1 Å². The molecular weight excluding hydrogens is 398 g/mol. The molecule has 0 spiro atoms. The molecule has 0 aliphatic carbocycles. The Bertz CT molecular complexity index is 1050. The normalized spacial score (nSPS) is 11.6. The molecule has 0 fully saturated rings. The minimum atomic E-state index is -0.834. The van der Waals surface area contributed by atoms with Gasteiger partial charge in [0.15, 0.2) is 6.10 Å². The molecule has 0 saturated heterocycles. The highest BCUT2D eigenvalue weighted by Crippen LogP contribution is 2.18. The summed E-state index contributed by atoms with van der Waals surface area (Å²) in [5.41, 5.74) is 4.19. The number of nitrogens with zero attached hydrogens (tertiary/aromatic N) is 2. The van der Waals surface area contributed by atoms with Crippen molar-refractivity contribution >= 4 is 17.8 Å². The summed E-state index contributed by atoms with van der Waals surface area (Å²) in [6.07, 6.45) is 0.672. The Morgan fingerprint density at radius 1 is 1.06 bits per heavy atom. The van der Waals surface area contributed by atoms with Crippen LogP contribution < -0.4 is 14.9 Å². The molecule has 31 heavy (non-hydrogen) atoms. The standard InChI is InChI=1S/C23H21N3O5/c1-17(31-21-12-10-20(11-13-21)26(28)29)23(27)25-24-15-19-8-5-9-22(14-19)30-16-18-6-3-2-4-7-18/h2-15,17H,16H2,1H3,(H,25,27). The second-order valence-corrected chi connectivity index (χ2v) is 6.59. The van der Waals surface area contributed by atoms with Gasteiger partial charge in [0.05, 0.1) is 11.1 Å². The van der Waals surface area contributed by atoms with Gasteiger partial charge in [0, 0.05) is 12.1 Å². The van der Waals surface area contributed by atoms with Crippen LogP contribution in [0.3, 0.4) is 0 Å².